The lowest BCUT2D eigenvalue weighted by molar-refractivity contribution is -0.137. The predicted octanol–water partition coefficient (Wildman–Crippen LogP) is 3.91. The summed E-state index contributed by atoms with van der Waals surface area (Å²) in [5.41, 5.74) is 2.33. The molecule has 0 aliphatic carbocycles. The molecule has 0 N–H and O–H groups in total. The second kappa shape index (κ2) is 7.70. The van der Waals surface area contributed by atoms with Gasteiger partial charge in [-0.1, -0.05) is 11.3 Å². The number of anilines is 2. The summed E-state index contributed by atoms with van der Waals surface area (Å²) in [5.74, 6) is 0.819. The van der Waals surface area contributed by atoms with E-state index in [4.69, 9.17) is 4.98 Å². The first-order valence-corrected chi connectivity index (χ1v) is 10.9. The van der Waals surface area contributed by atoms with Crippen LogP contribution in [-0.2, 0) is 6.18 Å². The first kappa shape index (κ1) is 20.1. The van der Waals surface area contributed by atoms with E-state index in [-0.39, 0.29) is 5.41 Å². The molecule has 0 bridgehead atoms. The number of nitrogens with zero attached hydrogens (tertiary/aromatic N) is 7. The van der Waals surface area contributed by atoms with Crippen molar-refractivity contribution in [3.8, 4) is 10.7 Å². The molecular formula is C20H20F3N7S. The van der Waals surface area contributed by atoms with Crippen molar-refractivity contribution in [3.05, 3.63) is 41.9 Å². The van der Waals surface area contributed by atoms with Gasteiger partial charge in [0.15, 0.2) is 5.01 Å². The van der Waals surface area contributed by atoms with Crippen LogP contribution in [0.15, 0.2) is 36.4 Å². The molecule has 0 amide bonds. The Balaban J connectivity index is 1.26. The molecule has 0 radical (unpaired) electrons. The highest BCUT2D eigenvalue weighted by molar-refractivity contribution is 7.12. The van der Waals surface area contributed by atoms with E-state index in [0.717, 1.165) is 62.5 Å². The molecule has 1 spiro atoms. The van der Waals surface area contributed by atoms with Gasteiger partial charge in [0.2, 0.25) is 0 Å². The van der Waals surface area contributed by atoms with Crippen molar-refractivity contribution in [3.63, 3.8) is 0 Å². The van der Waals surface area contributed by atoms with Crippen molar-refractivity contribution in [1.82, 2.24) is 25.1 Å². The number of hydrogen-bond donors (Lipinski definition) is 0. The normalized spacial score (nSPS) is 18.7. The largest absolute Gasteiger partial charge is 0.417 e. The smallest absolute Gasteiger partial charge is 0.370 e. The molecule has 11 heteroatoms. The number of hydrogen-bond acceptors (Lipinski definition) is 8. The van der Waals surface area contributed by atoms with Gasteiger partial charge in [-0.2, -0.15) is 13.2 Å². The summed E-state index contributed by atoms with van der Waals surface area (Å²) in [6, 6.07) is 1.20. The van der Waals surface area contributed by atoms with E-state index in [1.807, 2.05) is 4.90 Å². The Bertz CT molecular complexity index is 1050. The minimum atomic E-state index is -4.38. The SMILES string of the molecule is FC(F)(F)c1cncc(N2CCC3(CCN(c4cncc(-c5nncs5)n4)CC3)C2)c1. The van der Waals surface area contributed by atoms with Crippen molar-refractivity contribution in [2.24, 2.45) is 5.41 Å². The summed E-state index contributed by atoms with van der Waals surface area (Å²) in [6.07, 6.45) is 4.36. The third-order valence-electron chi connectivity index (χ3n) is 6.20. The number of halogens is 3. The van der Waals surface area contributed by atoms with Crippen molar-refractivity contribution in [2.45, 2.75) is 25.4 Å². The second-order valence-electron chi connectivity index (χ2n) is 8.09. The number of alkyl halides is 3. The van der Waals surface area contributed by atoms with E-state index >= 15 is 0 Å². The maximum absolute atomic E-state index is 13.0. The van der Waals surface area contributed by atoms with Gasteiger partial charge in [-0.25, -0.2) is 4.98 Å². The van der Waals surface area contributed by atoms with Crippen molar-refractivity contribution >= 4 is 22.8 Å². The Hall–Kier alpha value is -2.82. The monoisotopic (exact) mass is 447 g/mol. The quantitative estimate of drug-likeness (QED) is 0.603. The lowest BCUT2D eigenvalue weighted by Gasteiger charge is -2.39. The Morgan fingerprint density at radius 2 is 1.68 bits per heavy atom. The highest BCUT2D eigenvalue weighted by atomic mass is 32.1. The molecule has 162 valence electrons. The molecule has 3 aromatic rings. The van der Waals surface area contributed by atoms with Crippen molar-refractivity contribution in [2.75, 3.05) is 36.0 Å². The van der Waals surface area contributed by atoms with Gasteiger partial charge in [0, 0.05) is 32.4 Å². The lowest BCUT2D eigenvalue weighted by atomic mass is 9.78. The molecule has 2 aliphatic heterocycles. The average molecular weight is 447 g/mol. The summed E-state index contributed by atoms with van der Waals surface area (Å²) in [4.78, 5) is 17.1. The number of aromatic nitrogens is 5. The summed E-state index contributed by atoms with van der Waals surface area (Å²) < 4.78 is 39.1. The van der Waals surface area contributed by atoms with Gasteiger partial charge in [0.25, 0.3) is 0 Å². The molecule has 3 aromatic heterocycles. The Morgan fingerprint density at radius 3 is 2.39 bits per heavy atom. The van der Waals surface area contributed by atoms with E-state index in [1.165, 1.54) is 23.6 Å². The highest BCUT2D eigenvalue weighted by Crippen LogP contribution is 2.43. The van der Waals surface area contributed by atoms with E-state index in [2.05, 4.69) is 25.1 Å². The molecule has 5 heterocycles. The highest BCUT2D eigenvalue weighted by Gasteiger charge is 2.41. The summed E-state index contributed by atoms with van der Waals surface area (Å²) in [7, 11) is 0. The van der Waals surface area contributed by atoms with Gasteiger partial charge in [-0.3, -0.25) is 9.97 Å². The summed E-state index contributed by atoms with van der Waals surface area (Å²) in [6.45, 7) is 3.17. The van der Waals surface area contributed by atoms with E-state index in [1.54, 1.807) is 17.9 Å². The summed E-state index contributed by atoms with van der Waals surface area (Å²) in [5, 5.41) is 8.65. The van der Waals surface area contributed by atoms with Gasteiger partial charge in [0.05, 0.1) is 29.8 Å². The fraction of sp³-hybridized carbons (Fsp3) is 0.450. The molecule has 0 atom stereocenters. The van der Waals surface area contributed by atoms with Gasteiger partial charge in [-0.05, 0) is 30.7 Å². The van der Waals surface area contributed by atoms with Crippen LogP contribution in [0.3, 0.4) is 0 Å². The van der Waals surface area contributed by atoms with Gasteiger partial charge >= 0.3 is 6.18 Å². The molecule has 31 heavy (non-hydrogen) atoms. The average Bonchev–Trinajstić information content (AvgIpc) is 3.45. The third kappa shape index (κ3) is 4.06. The Labute approximate surface area is 181 Å². The Morgan fingerprint density at radius 1 is 0.935 bits per heavy atom. The van der Waals surface area contributed by atoms with Gasteiger partial charge in [0.1, 0.15) is 17.0 Å². The molecule has 0 saturated carbocycles. The van der Waals surface area contributed by atoms with Crippen LogP contribution in [0.1, 0.15) is 24.8 Å². The molecule has 0 aromatic carbocycles. The molecule has 2 saturated heterocycles. The first-order valence-electron chi connectivity index (χ1n) is 10.0. The number of rotatable bonds is 3. The molecule has 2 aliphatic rings. The molecule has 7 nitrogen and oxygen atoms in total. The fourth-order valence-electron chi connectivity index (χ4n) is 4.43. The predicted molar refractivity (Wildman–Crippen MR) is 111 cm³/mol. The third-order valence-corrected chi connectivity index (χ3v) is 6.92. The first-order chi connectivity index (χ1) is 14.9. The minimum absolute atomic E-state index is 0.106. The standard InChI is InChI=1S/C20H20F3N7S/c21-20(22,23)14-7-15(9-24-8-14)30-6-3-19(12-30)1-4-29(5-2-19)17-11-25-10-16(27-17)18-28-26-13-31-18/h7-11,13H,1-6,12H2. The zero-order chi connectivity index (χ0) is 21.5. The molecular weight excluding hydrogens is 427 g/mol. The topological polar surface area (TPSA) is 70.9 Å². The van der Waals surface area contributed by atoms with Crippen LogP contribution in [0, 0.1) is 5.41 Å². The zero-order valence-corrected chi connectivity index (χ0v) is 17.4. The van der Waals surface area contributed by atoms with Crippen LogP contribution in [0.4, 0.5) is 24.7 Å². The second-order valence-corrected chi connectivity index (χ2v) is 8.93. The van der Waals surface area contributed by atoms with Crippen LogP contribution >= 0.6 is 11.3 Å². The number of piperidine rings is 1. The van der Waals surface area contributed by atoms with Crippen LogP contribution in [0.25, 0.3) is 10.7 Å². The molecule has 0 unspecified atom stereocenters. The number of pyridine rings is 1. The molecule has 2 fully saturated rings. The van der Waals surface area contributed by atoms with Crippen molar-refractivity contribution < 1.29 is 13.2 Å². The summed E-state index contributed by atoms with van der Waals surface area (Å²) >= 11 is 1.42. The van der Waals surface area contributed by atoms with Gasteiger partial charge < -0.3 is 9.80 Å². The van der Waals surface area contributed by atoms with E-state index in [0.29, 0.717) is 11.4 Å². The Kier molecular flexibility index (Phi) is 4.99. The fourth-order valence-corrected chi connectivity index (χ4v) is 4.93. The minimum Gasteiger partial charge on any atom is -0.370 e. The van der Waals surface area contributed by atoms with Crippen LogP contribution in [-0.4, -0.2) is 51.3 Å². The van der Waals surface area contributed by atoms with E-state index < -0.39 is 11.7 Å². The van der Waals surface area contributed by atoms with Crippen LogP contribution in [0.2, 0.25) is 0 Å². The van der Waals surface area contributed by atoms with Gasteiger partial charge in [-0.15, -0.1) is 10.2 Å². The lowest BCUT2D eigenvalue weighted by Crippen LogP contribution is -2.42. The van der Waals surface area contributed by atoms with Crippen molar-refractivity contribution in [1.29, 1.82) is 0 Å². The van der Waals surface area contributed by atoms with E-state index in [9.17, 15) is 13.2 Å². The van der Waals surface area contributed by atoms with Crippen LogP contribution in [0.5, 0.6) is 0 Å². The van der Waals surface area contributed by atoms with Crippen LogP contribution < -0.4 is 9.80 Å². The molecule has 5 rings (SSSR count). The zero-order valence-electron chi connectivity index (χ0n) is 16.6. The maximum atomic E-state index is 13.0. The maximum Gasteiger partial charge on any atom is 0.417 e.